The summed E-state index contributed by atoms with van der Waals surface area (Å²) >= 11 is 5.76. The van der Waals surface area contributed by atoms with Gasteiger partial charge in [-0.1, -0.05) is 17.7 Å². The van der Waals surface area contributed by atoms with Crippen LogP contribution in [0.15, 0.2) is 29.6 Å². The van der Waals surface area contributed by atoms with Crippen LogP contribution in [0.4, 0.5) is 0 Å². The molecule has 104 valence electrons. The first-order valence-corrected chi connectivity index (χ1v) is 6.82. The van der Waals surface area contributed by atoms with Gasteiger partial charge in [-0.05, 0) is 24.5 Å². The number of esters is 1. The van der Waals surface area contributed by atoms with E-state index in [-0.39, 0.29) is 11.7 Å². The van der Waals surface area contributed by atoms with E-state index < -0.39 is 5.97 Å². The summed E-state index contributed by atoms with van der Waals surface area (Å²) in [4.78, 5) is 28.8. The van der Waals surface area contributed by atoms with Gasteiger partial charge in [0.15, 0.2) is 6.29 Å². The maximum Gasteiger partial charge on any atom is 0.344 e. The van der Waals surface area contributed by atoms with Gasteiger partial charge in [0.25, 0.3) is 0 Å². The molecule has 5 nitrogen and oxygen atoms in total. The Morgan fingerprint density at radius 1 is 1.50 bits per heavy atom. The van der Waals surface area contributed by atoms with E-state index in [4.69, 9.17) is 16.3 Å². The number of pyridine rings is 1. The number of piperidine rings is 1. The first kappa shape index (κ1) is 13.1. The molecule has 1 atom stereocenters. The van der Waals surface area contributed by atoms with Gasteiger partial charge in [0, 0.05) is 19.3 Å². The maximum atomic E-state index is 11.6. The molecule has 2 aliphatic heterocycles. The van der Waals surface area contributed by atoms with Crippen LogP contribution in [0.5, 0.6) is 0 Å². The highest BCUT2D eigenvalue weighted by atomic mass is 35.5. The topological polar surface area (TPSA) is 59.5 Å². The van der Waals surface area contributed by atoms with Gasteiger partial charge in [-0.2, -0.15) is 0 Å². The predicted octanol–water partition coefficient (Wildman–Crippen LogP) is 1.71. The second kappa shape index (κ2) is 5.25. The van der Waals surface area contributed by atoms with Crippen LogP contribution in [0.3, 0.4) is 0 Å². The molecule has 3 rings (SSSR count). The number of rotatable bonds is 3. The third-order valence-electron chi connectivity index (χ3n) is 3.57. The van der Waals surface area contributed by atoms with Crippen LogP contribution in [0, 0.1) is 0 Å². The van der Waals surface area contributed by atoms with Crippen LogP contribution in [0.25, 0.3) is 0 Å². The molecule has 0 aliphatic carbocycles. The second-order valence-electron chi connectivity index (χ2n) is 4.86. The Balaban J connectivity index is 1.88. The summed E-state index contributed by atoms with van der Waals surface area (Å²) in [5, 5.41) is 0.442. The highest BCUT2D eigenvalue weighted by molar-refractivity contribution is 6.29. The van der Waals surface area contributed by atoms with Gasteiger partial charge in [0.1, 0.15) is 16.8 Å². The number of hydrogen-bond donors (Lipinski definition) is 0. The molecule has 20 heavy (non-hydrogen) atoms. The van der Waals surface area contributed by atoms with Crippen molar-refractivity contribution in [2.24, 2.45) is 0 Å². The highest BCUT2D eigenvalue weighted by Gasteiger charge is 2.39. The average Bonchev–Trinajstić information content (AvgIpc) is 2.77. The highest BCUT2D eigenvalue weighted by Crippen LogP contribution is 2.33. The average molecular weight is 293 g/mol. The number of fused-ring (bicyclic) bond motifs is 1. The van der Waals surface area contributed by atoms with Crippen molar-refractivity contribution < 1.29 is 14.3 Å². The Morgan fingerprint density at radius 3 is 3.05 bits per heavy atom. The molecule has 0 spiro atoms. The molecule has 1 saturated heterocycles. The molecule has 1 aromatic heterocycles. The molecular weight excluding hydrogens is 280 g/mol. The molecule has 6 heteroatoms. The minimum atomic E-state index is -0.513. The van der Waals surface area contributed by atoms with Crippen LogP contribution < -0.4 is 0 Å². The van der Waals surface area contributed by atoms with Crippen molar-refractivity contribution in [3.05, 3.63) is 40.3 Å². The Bertz CT molecular complexity index is 583. The van der Waals surface area contributed by atoms with Crippen molar-refractivity contribution in [2.75, 3.05) is 6.54 Å². The van der Waals surface area contributed by atoms with Crippen LogP contribution in [-0.2, 0) is 20.9 Å². The molecule has 0 aromatic carbocycles. The quantitative estimate of drug-likeness (QED) is 0.367. The van der Waals surface area contributed by atoms with Crippen LogP contribution in [-0.4, -0.2) is 34.8 Å². The largest absolute Gasteiger partial charge is 0.452 e. The molecule has 3 heterocycles. The van der Waals surface area contributed by atoms with Crippen LogP contribution >= 0.6 is 11.6 Å². The minimum Gasteiger partial charge on any atom is -0.452 e. The standard InChI is InChI=1S/C14H13ClN2O3/c15-12-4-3-9(6-16-12)7-17-5-1-2-11-13(17)10(8-18)14(19)20-11/h3-4,6,8,11H,1-2,5,7H2. The van der Waals surface area contributed by atoms with E-state index in [9.17, 15) is 9.59 Å². The number of halogens is 1. The summed E-state index contributed by atoms with van der Waals surface area (Å²) < 4.78 is 5.23. The molecular formula is C14H13ClN2O3. The Kier molecular flexibility index (Phi) is 3.44. The maximum absolute atomic E-state index is 11.6. The summed E-state index contributed by atoms with van der Waals surface area (Å²) in [6.45, 7) is 1.38. The molecule has 1 aromatic rings. The van der Waals surface area contributed by atoms with E-state index in [0.717, 1.165) is 24.9 Å². The molecule has 0 bridgehead atoms. The number of aromatic nitrogens is 1. The fraction of sp³-hybridized carbons (Fsp3) is 0.357. The zero-order valence-electron chi connectivity index (χ0n) is 10.7. The predicted molar refractivity (Wildman–Crippen MR) is 71.9 cm³/mol. The fourth-order valence-corrected chi connectivity index (χ4v) is 2.79. The molecule has 1 unspecified atom stereocenters. The van der Waals surface area contributed by atoms with Crippen molar-refractivity contribution in [2.45, 2.75) is 25.5 Å². The van der Waals surface area contributed by atoms with Gasteiger partial charge < -0.3 is 9.64 Å². The summed E-state index contributed by atoms with van der Waals surface area (Å²) in [5.74, 6) is -0.513. The van der Waals surface area contributed by atoms with E-state index in [2.05, 4.69) is 4.98 Å². The van der Waals surface area contributed by atoms with E-state index >= 15 is 0 Å². The normalized spacial score (nSPS) is 21.8. The van der Waals surface area contributed by atoms with E-state index in [0.29, 0.717) is 23.7 Å². The lowest BCUT2D eigenvalue weighted by Crippen LogP contribution is -2.35. The summed E-state index contributed by atoms with van der Waals surface area (Å²) in [6.07, 6.45) is 3.71. The zero-order valence-corrected chi connectivity index (χ0v) is 11.5. The van der Waals surface area contributed by atoms with Gasteiger partial charge in [-0.25, -0.2) is 9.78 Å². The van der Waals surface area contributed by atoms with E-state index in [1.54, 1.807) is 12.3 Å². The third kappa shape index (κ3) is 2.29. The van der Waals surface area contributed by atoms with Gasteiger partial charge in [0.05, 0.1) is 5.70 Å². The molecule has 2 aliphatic rings. The number of likely N-dealkylation sites (tertiary alicyclic amines) is 1. The number of carbonyl (C=O) groups is 2. The Morgan fingerprint density at radius 2 is 2.35 bits per heavy atom. The lowest BCUT2D eigenvalue weighted by molar-refractivity contribution is -0.141. The Labute approximate surface area is 121 Å². The van der Waals surface area contributed by atoms with Crippen molar-refractivity contribution in [1.29, 1.82) is 0 Å². The van der Waals surface area contributed by atoms with Crippen LogP contribution in [0.1, 0.15) is 18.4 Å². The number of carbonyl (C=O) groups excluding carboxylic acids is 2. The van der Waals surface area contributed by atoms with Gasteiger partial charge in [0.2, 0.25) is 0 Å². The monoisotopic (exact) mass is 292 g/mol. The molecule has 0 saturated carbocycles. The van der Waals surface area contributed by atoms with Gasteiger partial charge >= 0.3 is 5.97 Å². The zero-order chi connectivity index (χ0) is 14.1. The van der Waals surface area contributed by atoms with Gasteiger partial charge in [-0.3, -0.25) is 4.79 Å². The molecule has 0 radical (unpaired) electrons. The van der Waals surface area contributed by atoms with Crippen molar-refractivity contribution in [3.63, 3.8) is 0 Å². The van der Waals surface area contributed by atoms with Crippen molar-refractivity contribution in [1.82, 2.24) is 9.88 Å². The summed E-state index contributed by atoms with van der Waals surface area (Å²) in [6, 6.07) is 3.61. The lowest BCUT2D eigenvalue weighted by atomic mass is 10.0. The first-order valence-electron chi connectivity index (χ1n) is 6.45. The lowest BCUT2D eigenvalue weighted by Gasteiger charge is -2.33. The smallest absolute Gasteiger partial charge is 0.344 e. The SMILES string of the molecule is O=CC1=C2C(CCCN2Cc2ccc(Cl)nc2)OC1=O. The summed E-state index contributed by atoms with van der Waals surface area (Å²) in [5.41, 5.74) is 1.84. The van der Waals surface area contributed by atoms with Crippen molar-refractivity contribution >= 4 is 23.9 Å². The number of aldehydes is 1. The van der Waals surface area contributed by atoms with Crippen molar-refractivity contribution in [3.8, 4) is 0 Å². The third-order valence-corrected chi connectivity index (χ3v) is 3.79. The fourth-order valence-electron chi connectivity index (χ4n) is 2.68. The summed E-state index contributed by atoms with van der Waals surface area (Å²) in [7, 11) is 0. The molecule has 0 amide bonds. The first-order chi connectivity index (χ1) is 9.69. The number of ether oxygens (including phenoxy) is 1. The van der Waals surface area contributed by atoms with E-state index in [1.165, 1.54) is 0 Å². The van der Waals surface area contributed by atoms with Crippen LogP contribution in [0.2, 0.25) is 5.15 Å². The second-order valence-corrected chi connectivity index (χ2v) is 5.25. The number of nitrogens with zero attached hydrogens (tertiary/aromatic N) is 2. The number of hydrogen-bond acceptors (Lipinski definition) is 5. The Hall–Kier alpha value is -1.88. The van der Waals surface area contributed by atoms with Gasteiger partial charge in [-0.15, -0.1) is 0 Å². The molecule has 0 N–H and O–H groups in total. The minimum absolute atomic E-state index is 0.150. The molecule has 1 fully saturated rings. The van der Waals surface area contributed by atoms with E-state index in [1.807, 2.05) is 11.0 Å².